The Labute approximate surface area is 119 Å². The molecule has 0 radical (unpaired) electrons. The summed E-state index contributed by atoms with van der Waals surface area (Å²) in [7, 11) is 3.46. The normalized spacial score (nSPS) is 33.8. The molecule has 2 aliphatic heterocycles. The fourth-order valence-electron chi connectivity index (χ4n) is 3.20. The zero-order chi connectivity index (χ0) is 14.1. The molecular weight excluding hydrogens is 256 g/mol. The number of nitrogens with two attached hydrogens (primary N) is 1. The number of ether oxygens (including phenoxy) is 3. The van der Waals surface area contributed by atoms with Gasteiger partial charge in [-0.25, -0.2) is 0 Å². The number of hydrogen-bond donors (Lipinski definition) is 1. The number of nitrogens with zero attached hydrogens (tertiary/aromatic N) is 1. The number of likely N-dealkylation sites (tertiary alicyclic amines) is 1. The van der Waals surface area contributed by atoms with E-state index in [4.69, 9.17) is 19.9 Å². The van der Waals surface area contributed by atoms with Gasteiger partial charge in [0.2, 0.25) is 0 Å². The summed E-state index contributed by atoms with van der Waals surface area (Å²) in [5.41, 5.74) is 7.52. The summed E-state index contributed by atoms with van der Waals surface area (Å²) >= 11 is 0. The monoisotopic (exact) mass is 278 g/mol. The Hall–Kier alpha value is -1.14. The van der Waals surface area contributed by atoms with Crippen molar-refractivity contribution >= 4 is 0 Å². The molecule has 0 aromatic heterocycles. The molecule has 0 saturated carbocycles. The molecule has 5 heteroatoms. The van der Waals surface area contributed by atoms with E-state index in [9.17, 15) is 0 Å². The minimum Gasteiger partial charge on any atom is -0.492 e. The molecule has 2 heterocycles. The first-order chi connectivity index (χ1) is 9.74. The zero-order valence-corrected chi connectivity index (χ0v) is 12.0. The van der Waals surface area contributed by atoms with Crippen molar-refractivity contribution in [2.45, 2.75) is 24.3 Å². The molecule has 0 amide bonds. The summed E-state index contributed by atoms with van der Waals surface area (Å²) in [6.45, 7) is 2.28. The lowest BCUT2D eigenvalue weighted by atomic mass is 9.96. The van der Waals surface area contributed by atoms with Crippen molar-refractivity contribution in [3.8, 4) is 5.75 Å². The van der Waals surface area contributed by atoms with Crippen molar-refractivity contribution < 1.29 is 14.2 Å². The summed E-state index contributed by atoms with van der Waals surface area (Å²) in [5.74, 6) is 0.905. The van der Waals surface area contributed by atoms with E-state index in [1.165, 1.54) is 0 Å². The molecule has 1 aromatic rings. The third kappa shape index (κ3) is 2.31. The average Bonchev–Trinajstić information content (AvgIpc) is 2.91. The Morgan fingerprint density at radius 1 is 1.15 bits per heavy atom. The lowest BCUT2D eigenvalue weighted by Gasteiger charge is -2.36. The molecule has 2 aliphatic rings. The first-order valence-electron chi connectivity index (χ1n) is 7.01. The maximum atomic E-state index is 6.44. The number of benzene rings is 1. The van der Waals surface area contributed by atoms with Gasteiger partial charge in [-0.15, -0.1) is 0 Å². The summed E-state index contributed by atoms with van der Waals surface area (Å²) in [4.78, 5) is 2.32. The van der Waals surface area contributed by atoms with Crippen molar-refractivity contribution in [3.63, 3.8) is 0 Å². The predicted octanol–water partition coefficient (Wildman–Crippen LogP) is 0.793. The first kappa shape index (κ1) is 13.8. The maximum absolute atomic E-state index is 6.44. The van der Waals surface area contributed by atoms with Crippen LogP contribution >= 0.6 is 0 Å². The van der Waals surface area contributed by atoms with Gasteiger partial charge in [-0.05, 0) is 6.07 Å². The van der Waals surface area contributed by atoms with E-state index in [1.54, 1.807) is 14.2 Å². The standard InChI is InChI=1S/C15H22N2O3/c1-18-13-7-17(8-14(13)19-2)11-9-20-12-6-4-3-5-10(12)15(11)16/h3-6,11,13-15H,7-9,16H2,1-2H3. The average molecular weight is 278 g/mol. The fourth-order valence-corrected chi connectivity index (χ4v) is 3.20. The lowest BCUT2D eigenvalue weighted by molar-refractivity contribution is -0.00461. The second-order valence-corrected chi connectivity index (χ2v) is 5.44. The smallest absolute Gasteiger partial charge is 0.124 e. The second kappa shape index (κ2) is 5.69. The summed E-state index contributed by atoms with van der Waals surface area (Å²) in [5, 5.41) is 0. The number of methoxy groups -OCH3 is 2. The van der Waals surface area contributed by atoms with Crippen LogP contribution in [0.1, 0.15) is 11.6 Å². The SMILES string of the molecule is COC1CN(C2COc3ccccc3C2N)CC1OC. The van der Waals surface area contributed by atoms with E-state index in [1.807, 2.05) is 24.3 Å². The number of rotatable bonds is 3. The summed E-state index contributed by atoms with van der Waals surface area (Å²) < 4.78 is 16.8. The highest BCUT2D eigenvalue weighted by Crippen LogP contribution is 2.34. The Kier molecular flexibility index (Phi) is 3.94. The van der Waals surface area contributed by atoms with Gasteiger partial charge in [0, 0.05) is 32.9 Å². The van der Waals surface area contributed by atoms with Gasteiger partial charge in [0.25, 0.3) is 0 Å². The van der Waals surface area contributed by atoms with Crippen LogP contribution in [0.5, 0.6) is 5.75 Å². The summed E-state index contributed by atoms with van der Waals surface area (Å²) in [6, 6.07) is 8.14. The van der Waals surface area contributed by atoms with Crippen LogP contribution in [0.4, 0.5) is 0 Å². The molecule has 3 rings (SSSR count). The van der Waals surface area contributed by atoms with Crippen molar-refractivity contribution in [2.24, 2.45) is 5.73 Å². The topological polar surface area (TPSA) is 57.0 Å². The van der Waals surface area contributed by atoms with Crippen molar-refractivity contribution in [1.29, 1.82) is 0 Å². The molecule has 0 bridgehead atoms. The molecule has 1 saturated heterocycles. The van der Waals surface area contributed by atoms with Crippen molar-refractivity contribution in [1.82, 2.24) is 4.90 Å². The number of hydrogen-bond acceptors (Lipinski definition) is 5. The maximum Gasteiger partial charge on any atom is 0.124 e. The van der Waals surface area contributed by atoms with Gasteiger partial charge in [-0.2, -0.15) is 0 Å². The Morgan fingerprint density at radius 2 is 1.80 bits per heavy atom. The highest BCUT2D eigenvalue weighted by molar-refractivity contribution is 5.38. The molecule has 20 heavy (non-hydrogen) atoms. The first-order valence-corrected chi connectivity index (χ1v) is 7.01. The molecule has 1 fully saturated rings. The number of fused-ring (bicyclic) bond motifs is 1. The largest absolute Gasteiger partial charge is 0.492 e. The van der Waals surface area contributed by atoms with E-state index in [-0.39, 0.29) is 24.3 Å². The van der Waals surface area contributed by atoms with Gasteiger partial charge in [0.1, 0.15) is 12.4 Å². The fraction of sp³-hybridized carbons (Fsp3) is 0.600. The van der Waals surface area contributed by atoms with E-state index in [2.05, 4.69) is 4.90 Å². The Bertz CT molecular complexity index is 456. The van der Waals surface area contributed by atoms with E-state index < -0.39 is 0 Å². The van der Waals surface area contributed by atoms with Crippen LogP contribution in [-0.2, 0) is 9.47 Å². The second-order valence-electron chi connectivity index (χ2n) is 5.44. The Morgan fingerprint density at radius 3 is 2.45 bits per heavy atom. The number of para-hydroxylation sites is 1. The van der Waals surface area contributed by atoms with Crippen LogP contribution in [-0.4, -0.2) is 57.1 Å². The highest BCUT2D eigenvalue weighted by Gasteiger charge is 2.40. The molecule has 110 valence electrons. The van der Waals surface area contributed by atoms with Gasteiger partial charge in [-0.1, -0.05) is 18.2 Å². The molecule has 5 nitrogen and oxygen atoms in total. The van der Waals surface area contributed by atoms with Crippen molar-refractivity contribution in [3.05, 3.63) is 29.8 Å². The predicted molar refractivity (Wildman–Crippen MR) is 75.8 cm³/mol. The Balaban J connectivity index is 1.76. The minimum absolute atomic E-state index is 0.0342. The molecule has 4 atom stereocenters. The van der Waals surface area contributed by atoms with Gasteiger partial charge < -0.3 is 19.9 Å². The lowest BCUT2D eigenvalue weighted by Crippen LogP contribution is -2.48. The zero-order valence-electron chi connectivity index (χ0n) is 12.0. The highest BCUT2D eigenvalue weighted by atomic mass is 16.5. The molecular formula is C15H22N2O3. The van der Waals surface area contributed by atoms with Crippen LogP contribution in [0, 0.1) is 0 Å². The molecule has 1 aromatic carbocycles. The molecule has 0 spiro atoms. The van der Waals surface area contributed by atoms with Crippen LogP contribution < -0.4 is 10.5 Å². The molecule has 4 unspecified atom stereocenters. The van der Waals surface area contributed by atoms with Gasteiger partial charge in [-0.3, -0.25) is 4.90 Å². The molecule has 0 aliphatic carbocycles. The third-order valence-electron chi connectivity index (χ3n) is 4.42. The molecule has 2 N–H and O–H groups in total. The van der Waals surface area contributed by atoms with E-state index >= 15 is 0 Å². The third-order valence-corrected chi connectivity index (χ3v) is 4.42. The van der Waals surface area contributed by atoms with E-state index in [0.29, 0.717) is 6.61 Å². The minimum atomic E-state index is -0.0342. The van der Waals surface area contributed by atoms with Crippen LogP contribution in [0.2, 0.25) is 0 Å². The van der Waals surface area contributed by atoms with Gasteiger partial charge >= 0.3 is 0 Å². The van der Waals surface area contributed by atoms with Crippen LogP contribution in [0.25, 0.3) is 0 Å². The van der Waals surface area contributed by atoms with Gasteiger partial charge in [0.15, 0.2) is 0 Å². The quantitative estimate of drug-likeness (QED) is 0.886. The summed E-state index contributed by atoms with van der Waals surface area (Å²) in [6.07, 6.45) is 0.203. The van der Waals surface area contributed by atoms with Crippen LogP contribution in [0.15, 0.2) is 24.3 Å². The van der Waals surface area contributed by atoms with Crippen LogP contribution in [0.3, 0.4) is 0 Å². The van der Waals surface area contributed by atoms with Gasteiger partial charge in [0.05, 0.1) is 24.3 Å². The van der Waals surface area contributed by atoms with E-state index in [0.717, 1.165) is 24.4 Å². The van der Waals surface area contributed by atoms with Crippen molar-refractivity contribution in [2.75, 3.05) is 33.9 Å².